The number of carboxylic acids is 1. The molecule has 4 amide bonds. The van der Waals surface area contributed by atoms with Crippen LogP contribution in [0.5, 0.6) is 0 Å². The van der Waals surface area contributed by atoms with E-state index in [2.05, 4.69) is 5.32 Å². The molecule has 11 heteroatoms. The largest absolute Gasteiger partial charge is 0.481 e. The van der Waals surface area contributed by atoms with E-state index >= 15 is 0 Å². The average molecular weight is 464 g/mol. The molecule has 2 N–H and O–H groups in total. The molecule has 33 heavy (non-hydrogen) atoms. The van der Waals surface area contributed by atoms with Gasteiger partial charge in [0.1, 0.15) is 18.0 Å². The standard InChI is InChI=1S/C22H30FN5O5/c1-3-4-11-26-13-18-27(17(21(26)32)9-10-20(30)31)19(29)14-25(2)28(18)22(33)24-12-15-5-7-16(23)8-6-15/h5-8,17-18H,3-4,9-14H2,1-2H3,(H,24,33)(H,30,31)/t17-,18-/m0/s1. The number of hydrogen-bond donors (Lipinski definition) is 2. The first-order valence-electron chi connectivity index (χ1n) is 11.1. The van der Waals surface area contributed by atoms with Crippen LogP contribution >= 0.6 is 0 Å². The third-order valence-corrected chi connectivity index (χ3v) is 5.92. The maximum Gasteiger partial charge on any atom is 0.334 e. The van der Waals surface area contributed by atoms with Gasteiger partial charge in [0.2, 0.25) is 11.8 Å². The van der Waals surface area contributed by atoms with E-state index in [9.17, 15) is 23.6 Å². The number of piperazine rings is 1. The van der Waals surface area contributed by atoms with Gasteiger partial charge >= 0.3 is 12.0 Å². The third-order valence-electron chi connectivity index (χ3n) is 5.92. The molecule has 0 unspecified atom stereocenters. The highest BCUT2D eigenvalue weighted by molar-refractivity contribution is 5.91. The second kappa shape index (κ2) is 10.6. The average Bonchev–Trinajstić information content (AvgIpc) is 2.76. The molecule has 10 nitrogen and oxygen atoms in total. The molecule has 180 valence electrons. The number of benzene rings is 1. The van der Waals surface area contributed by atoms with Crippen molar-refractivity contribution in [2.45, 2.75) is 51.4 Å². The number of nitrogens with zero attached hydrogens (tertiary/aromatic N) is 4. The fourth-order valence-corrected chi connectivity index (χ4v) is 4.25. The highest BCUT2D eigenvalue weighted by Crippen LogP contribution is 2.28. The molecule has 0 saturated carbocycles. The number of nitrogens with one attached hydrogen (secondary N) is 1. The number of likely N-dealkylation sites (N-methyl/N-ethyl adjacent to an activating group) is 1. The summed E-state index contributed by atoms with van der Waals surface area (Å²) in [6, 6.07) is 4.34. The number of rotatable bonds is 8. The fourth-order valence-electron chi connectivity index (χ4n) is 4.25. The van der Waals surface area contributed by atoms with Crippen LogP contribution in [0.25, 0.3) is 0 Å². The summed E-state index contributed by atoms with van der Waals surface area (Å²) in [5.74, 6) is -2.04. The number of carbonyl (C=O) groups excluding carboxylic acids is 3. The van der Waals surface area contributed by atoms with E-state index in [4.69, 9.17) is 5.11 Å². The number of carbonyl (C=O) groups is 4. The molecule has 1 aromatic rings. The molecule has 3 rings (SSSR count). The monoisotopic (exact) mass is 463 g/mol. The van der Waals surface area contributed by atoms with E-state index in [0.717, 1.165) is 12.8 Å². The summed E-state index contributed by atoms with van der Waals surface area (Å²) in [4.78, 5) is 53.3. The quantitative estimate of drug-likeness (QED) is 0.600. The first-order chi connectivity index (χ1) is 15.7. The molecule has 0 aliphatic carbocycles. The van der Waals surface area contributed by atoms with Gasteiger partial charge in [0, 0.05) is 26.6 Å². The Morgan fingerprint density at radius 1 is 1.21 bits per heavy atom. The van der Waals surface area contributed by atoms with Crippen LogP contribution in [0.1, 0.15) is 38.2 Å². The molecule has 2 saturated heterocycles. The van der Waals surface area contributed by atoms with Crippen molar-refractivity contribution in [3.05, 3.63) is 35.6 Å². The van der Waals surface area contributed by atoms with Crippen LogP contribution < -0.4 is 5.32 Å². The van der Waals surface area contributed by atoms with Crippen LogP contribution in [0.2, 0.25) is 0 Å². The smallest absolute Gasteiger partial charge is 0.334 e. The number of urea groups is 1. The molecule has 2 aliphatic rings. The van der Waals surface area contributed by atoms with Crippen molar-refractivity contribution in [2.24, 2.45) is 0 Å². The van der Waals surface area contributed by atoms with Crippen LogP contribution in [-0.4, -0.2) is 87.6 Å². The number of fused-ring (bicyclic) bond motifs is 1. The van der Waals surface area contributed by atoms with Crippen LogP contribution in [0, 0.1) is 5.82 Å². The maximum absolute atomic E-state index is 13.1. The van der Waals surface area contributed by atoms with Gasteiger partial charge in [-0.1, -0.05) is 25.5 Å². The first-order valence-corrected chi connectivity index (χ1v) is 11.1. The summed E-state index contributed by atoms with van der Waals surface area (Å²) >= 11 is 0. The van der Waals surface area contributed by atoms with Gasteiger partial charge in [0.15, 0.2) is 0 Å². The summed E-state index contributed by atoms with van der Waals surface area (Å²) in [5, 5.41) is 14.8. The zero-order valence-corrected chi connectivity index (χ0v) is 18.9. The van der Waals surface area contributed by atoms with Gasteiger partial charge < -0.3 is 20.2 Å². The van der Waals surface area contributed by atoms with E-state index in [1.54, 1.807) is 24.1 Å². The minimum absolute atomic E-state index is 0.0201. The van der Waals surface area contributed by atoms with Crippen molar-refractivity contribution in [3.63, 3.8) is 0 Å². The van der Waals surface area contributed by atoms with Crippen molar-refractivity contribution in [2.75, 3.05) is 26.7 Å². The summed E-state index contributed by atoms with van der Waals surface area (Å²) < 4.78 is 13.1. The minimum Gasteiger partial charge on any atom is -0.481 e. The third kappa shape index (κ3) is 5.59. The summed E-state index contributed by atoms with van der Waals surface area (Å²) in [5.41, 5.74) is 0.708. The second-order valence-electron chi connectivity index (χ2n) is 8.31. The molecule has 2 aliphatic heterocycles. The van der Waals surface area contributed by atoms with Crippen molar-refractivity contribution >= 4 is 23.8 Å². The van der Waals surface area contributed by atoms with Crippen molar-refractivity contribution < 1.29 is 28.7 Å². The molecule has 0 spiro atoms. The lowest BCUT2D eigenvalue weighted by molar-refractivity contribution is -0.187. The number of hydrogen-bond acceptors (Lipinski definition) is 5. The molecule has 1 aromatic carbocycles. The van der Waals surface area contributed by atoms with Gasteiger partial charge in [-0.2, -0.15) is 0 Å². The normalized spacial score (nSPS) is 21.2. The Hall–Kier alpha value is -3.21. The minimum atomic E-state index is -1.06. The van der Waals surface area contributed by atoms with E-state index in [-0.39, 0.29) is 50.1 Å². The highest BCUT2D eigenvalue weighted by Gasteiger charge is 2.50. The Balaban J connectivity index is 1.83. The van der Waals surface area contributed by atoms with E-state index in [1.807, 2.05) is 6.92 Å². The first kappa shape index (κ1) is 24.4. The predicted molar refractivity (Wildman–Crippen MR) is 116 cm³/mol. The van der Waals surface area contributed by atoms with Crippen molar-refractivity contribution in [3.8, 4) is 0 Å². The number of unbranched alkanes of at least 4 members (excludes halogenated alkanes) is 1. The molecule has 0 aromatic heterocycles. The number of halogens is 1. The Labute approximate surface area is 191 Å². The van der Waals surface area contributed by atoms with Gasteiger partial charge in [0.05, 0.1) is 13.1 Å². The zero-order chi connectivity index (χ0) is 24.1. The second-order valence-corrected chi connectivity index (χ2v) is 8.31. The van der Waals surface area contributed by atoms with Crippen molar-refractivity contribution in [1.82, 2.24) is 25.1 Å². The van der Waals surface area contributed by atoms with Gasteiger partial charge in [0.25, 0.3) is 0 Å². The summed E-state index contributed by atoms with van der Waals surface area (Å²) in [6.45, 7) is 2.64. The number of aliphatic carboxylic acids is 1. The van der Waals surface area contributed by atoms with Crippen molar-refractivity contribution in [1.29, 1.82) is 0 Å². The maximum atomic E-state index is 13.1. The Morgan fingerprint density at radius 2 is 1.91 bits per heavy atom. The van der Waals surface area contributed by atoms with E-state index in [1.165, 1.54) is 27.1 Å². The fraction of sp³-hybridized carbons (Fsp3) is 0.545. The van der Waals surface area contributed by atoms with Crippen LogP contribution in [0.3, 0.4) is 0 Å². The zero-order valence-electron chi connectivity index (χ0n) is 18.9. The van der Waals surface area contributed by atoms with Crippen LogP contribution in [-0.2, 0) is 20.9 Å². The lowest BCUT2D eigenvalue weighted by atomic mass is 10.0. The number of amides is 4. The lowest BCUT2D eigenvalue weighted by Crippen LogP contribution is -2.76. The van der Waals surface area contributed by atoms with Crippen LogP contribution in [0.4, 0.5) is 9.18 Å². The van der Waals surface area contributed by atoms with E-state index in [0.29, 0.717) is 12.1 Å². The summed E-state index contributed by atoms with van der Waals surface area (Å²) in [7, 11) is 1.62. The molecule has 0 radical (unpaired) electrons. The van der Waals surface area contributed by atoms with Gasteiger partial charge in [-0.05, 0) is 30.5 Å². The lowest BCUT2D eigenvalue weighted by Gasteiger charge is -2.54. The SMILES string of the molecule is CCCCN1C[C@H]2N(C(=O)CN(C)N2C(=O)NCc2ccc(F)cc2)[C@@H](CCC(=O)O)C1=O. The molecular formula is C22H30FN5O5. The topological polar surface area (TPSA) is 114 Å². The number of hydrazine groups is 1. The molecule has 2 heterocycles. The Morgan fingerprint density at radius 3 is 2.55 bits per heavy atom. The van der Waals surface area contributed by atoms with E-state index < -0.39 is 24.2 Å². The Bertz CT molecular complexity index is 896. The van der Waals surface area contributed by atoms with Gasteiger partial charge in [-0.15, -0.1) is 0 Å². The van der Waals surface area contributed by atoms with Crippen LogP contribution in [0.15, 0.2) is 24.3 Å². The molecule has 2 fully saturated rings. The van der Waals surface area contributed by atoms with Gasteiger partial charge in [-0.25, -0.2) is 19.2 Å². The molecule has 0 bridgehead atoms. The molecular weight excluding hydrogens is 433 g/mol. The number of carboxylic acid groups (broad SMARTS) is 1. The predicted octanol–water partition coefficient (Wildman–Crippen LogP) is 1.23. The Kier molecular flexibility index (Phi) is 7.85. The van der Waals surface area contributed by atoms with Gasteiger partial charge in [-0.3, -0.25) is 14.4 Å². The molecule has 2 atom stereocenters. The highest BCUT2D eigenvalue weighted by atomic mass is 19.1. The summed E-state index contributed by atoms with van der Waals surface area (Å²) in [6.07, 6.45) is 0.580.